The standard InChI is InChI=1S/C22H15ClN2/c1-14-24-20-12-9-15-7-8-16-13-17(23)10-11-19(16)21(15)22(20)25(14)18-5-3-2-4-6-18/h2-13H,1H3. The topological polar surface area (TPSA) is 17.8 Å². The van der Waals surface area contributed by atoms with Gasteiger partial charge in [-0.3, -0.25) is 4.57 Å². The van der Waals surface area contributed by atoms with Crippen LogP contribution in [0.4, 0.5) is 0 Å². The molecule has 4 aromatic carbocycles. The van der Waals surface area contributed by atoms with Crippen LogP contribution >= 0.6 is 11.6 Å². The molecule has 5 aromatic rings. The van der Waals surface area contributed by atoms with E-state index in [4.69, 9.17) is 16.6 Å². The zero-order chi connectivity index (χ0) is 17.0. The van der Waals surface area contributed by atoms with Crippen LogP contribution in [0.25, 0.3) is 38.3 Å². The molecule has 0 amide bonds. The fourth-order valence-electron chi connectivity index (χ4n) is 3.69. The lowest BCUT2D eigenvalue weighted by atomic mass is 10.0. The largest absolute Gasteiger partial charge is 0.296 e. The quantitative estimate of drug-likeness (QED) is 0.327. The first-order valence-corrected chi connectivity index (χ1v) is 8.66. The Morgan fingerprint density at radius 2 is 1.60 bits per heavy atom. The molecule has 1 heterocycles. The molecule has 0 aliphatic rings. The van der Waals surface area contributed by atoms with Crippen molar-refractivity contribution in [2.45, 2.75) is 6.92 Å². The third-order valence-corrected chi connectivity index (χ3v) is 4.99. The Kier molecular flexibility index (Phi) is 3.09. The fourth-order valence-corrected chi connectivity index (χ4v) is 3.87. The first kappa shape index (κ1) is 14.5. The van der Waals surface area contributed by atoms with Crippen molar-refractivity contribution in [3.63, 3.8) is 0 Å². The van der Waals surface area contributed by atoms with Crippen molar-refractivity contribution < 1.29 is 0 Å². The summed E-state index contributed by atoms with van der Waals surface area (Å²) in [5.74, 6) is 0.986. The SMILES string of the molecule is Cc1nc2ccc3ccc4cc(Cl)ccc4c3c2n1-c1ccccc1. The van der Waals surface area contributed by atoms with Gasteiger partial charge in [0.15, 0.2) is 0 Å². The number of imidazole rings is 1. The zero-order valence-corrected chi connectivity index (χ0v) is 14.5. The lowest BCUT2D eigenvalue weighted by molar-refractivity contribution is 1.00. The molecule has 3 heteroatoms. The summed E-state index contributed by atoms with van der Waals surface area (Å²) in [7, 11) is 0. The van der Waals surface area contributed by atoms with E-state index in [1.165, 1.54) is 16.2 Å². The summed E-state index contributed by atoms with van der Waals surface area (Å²) in [4.78, 5) is 4.80. The third-order valence-electron chi connectivity index (χ3n) is 4.76. The van der Waals surface area contributed by atoms with Gasteiger partial charge in [0, 0.05) is 16.1 Å². The number of aromatic nitrogens is 2. The second-order valence-corrected chi connectivity index (χ2v) is 6.73. The Hall–Kier alpha value is -2.84. The van der Waals surface area contributed by atoms with Gasteiger partial charge in [0.2, 0.25) is 0 Å². The molecular formula is C22H15ClN2. The van der Waals surface area contributed by atoms with E-state index >= 15 is 0 Å². The Bertz CT molecular complexity index is 1250. The molecule has 0 unspecified atom stereocenters. The van der Waals surface area contributed by atoms with Crippen molar-refractivity contribution in [1.29, 1.82) is 0 Å². The van der Waals surface area contributed by atoms with Crippen molar-refractivity contribution in [3.8, 4) is 5.69 Å². The van der Waals surface area contributed by atoms with Crippen molar-refractivity contribution in [3.05, 3.63) is 83.6 Å². The van der Waals surface area contributed by atoms with Gasteiger partial charge >= 0.3 is 0 Å². The highest BCUT2D eigenvalue weighted by Gasteiger charge is 2.14. The predicted molar refractivity (Wildman–Crippen MR) is 106 cm³/mol. The molecule has 0 fully saturated rings. The van der Waals surface area contributed by atoms with E-state index < -0.39 is 0 Å². The highest BCUT2D eigenvalue weighted by molar-refractivity contribution is 6.32. The maximum absolute atomic E-state index is 6.20. The zero-order valence-electron chi connectivity index (χ0n) is 13.7. The van der Waals surface area contributed by atoms with Crippen molar-refractivity contribution in [2.75, 3.05) is 0 Å². The second kappa shape index (κ2) is 5.33. The number of hydrogen-bond acceptors (Lipinski definition) is 1. The summed E-state index contributed by atoms with van der Waals surface area (Å²) in [6.45, 7) is 2.06. The summed E-state index contributed by atoms with van der Waals surface area (Å²) in [6.07, 6.45) is 0. The number of nitrogens with zero attached hydrogens (tertiary/aromatic N) is 2. The van der Waals surface area contributed by atoms with Gasteiger partial charge in [0.1, 0.15) is 5.82 Å². The van der Waals surface area contributed by atoms with Crippen molar-refractivity contribution in [1.82, 2.24) is 9.55 Å². The van der Waals surface area contributed by atoms with Crippen LogP contribution in [0, 0.1) is 6.92 Å². The molecule has 0 radical (unpaired) electrons. The van der Waals surface area contributed by atoms with Crippen LogP contribution in [0.2, 0.25) is 5.02 Å². The smallest absolute Gasteiger partial charge is 0.111 e. The second-order valence-electron chi connectivity index (χ2n) is 6.29. The normalized spacial score (nSPS) is 11.6. The molecule has 120 valence electrons. The predicted octanol–water partition coefficient (Wildman–Crippen LogP) is 6.29. The molecule has 2 nitrogen and oxygen atoms in total. The highest BCUT2D eigenvalue weighted by atomic mass is 35.5. The monoisotopic (exact) mass is 342 g/mol. The van der Waals surface area contributed by atoms with Gasteiger partial charge in [-0.25, -0.2) is 4.98 Å². The molecular weight excluding hydrogens is 328 g/mol. The van der Waals surface area contributed by atoms with Crippen LogP contribution in [0.15, 0.2) is 72.8 Å². The van der Waals surface area contributed by atoms with Gasteiger partial charge < -0.3 is 0 Å². The molecule has 1 aromatic heterocycles. The first-order chi connectivity index (χ1) is 12.2. The minimum atomic E-state index is 0.756. The van der Waals surface area contributed by atoms with E-state index in [2.05, 4.69) is 66.1 Å². The lowest BCUT2D eigenvalue weighted by Crippen LogP contribution is -1.97. The number of fused-ring (bicyclic) bond motifs is 5. The molecule has 25 heavy (non-hydrogen) atoms. The van der Waals surface area contributed by atoms with Gasteiger partial charge in [-0.15, -0.1) is 0 Å². The van der Waals surface area contributed by atoms with Gasteiger partial charge in [-0.05, 0) is 53.4 Å². The molecule has 0 spiro atoms. The van der Waals surface area contributed by atoms with Crippen LogP contribution in [0.5, 0.6) is 0 Å². The summed E-state index contributed by atoms with van der Waals surface area (Å²) in [5.41, 5.74) is 3.28. The van der Waals surface area contributed by atoms with Crippen molar-refractivity contribution in [2.24, 2.45) is 0 Å². The Morgan fingerprint density at radius 3 is 2.44 bits per heavy atom. The molecule has 0 N–H and O–H groups in total. The third kappa shape index (κ3) is 2.15. The van der Waals surface area contributed by atoms with Gasteiger partial charge in [0.25, 0.3) is 0 Å². The molecule has 5 rings (SSSR count). The van der Waals surface area contributed by atoms with Crippen LogP contribution in [0.3, 0.4) is 0 Å². The molecule has 0 bridgehead atoms. The van der Waals surface area contributed by atoms with Crippen LogP contribution < -0.4 is 0 Å². The summed E-state index contributed by atoms with van der Waals surface area (Å²) < 4.78 is 2.24. The number of aryl methyl sites for hydroxylation is 1. The lowest BCUT2D eigenvalue weighted by Gasteiger charge is -2.11. The highest BCUT2D eigenvalue weighted by Crippen LogP contribution is 2.35. The van der Waals surface area contributed by atoms with Crippen LogP contribution in [-0.4, -0.2) is 9.55 Å². The summed E-state index contributed by atoms with van der Waals surface area (Å²) >= 11 is 6.20. The number of hydrogen-bond donors (Lipinski definition) is 0. The van der Waals surface area contributed by atoms with Crippen LogP contribution in [-0.2, 0) is 0 Å². The Labute approximate surface area is 150 Å². The number of halogens is 1. The van der Waals surface area contributed by atoms with Gasteiger partial charge in [-0.1, -0.05) is 54.1 Å². The molecule has 0 aliphatic heterocycles. The first-order valence-electron chi connectivity index (χ1n) is 8.28. The maximum Gasteiger partial charge on any atom is 0.111 e. The minimum absolute atomic E-state index is 0.756. The molecule has 0 saturated heterocycles. The van der Waals surface area contributed by atoms with E-state index in [0.717, 1.165) is 33.0 Å². The fraction of sp³-hybridized carbons (Fsp3) is 0.0455. The Balaban J connectivity index is 2.04. The van der Waals surface area contributed by atoms with E-state index in [1.807, 2.05) is 18.2 Å². The van der Waals surface area contributed by atoms with E-state index in [9.17, 15) is 0 Å². The van der Waals surface area contributed by atoms with E-state index in [0.29, 0.717) is 0 Å². The average Bonchev–Trinajstić information content (AvgIpc) is 2.97. The van der Waals surface area contributed by atoms with Gasteiger partial charge in [-0.2, -0.15) is 0 Å². The van der Waals surface area contributed by atoms with Gasteiger partial charge in [0.05, 0.1) is 11.0 Å². The van der Waals surface area contributed by atoms with Crippen LogP contribution in [0.1, 0.15) is 5.82 Å². The molecule has 0 aliphatic carbocycles. The van der Waals surface area contributed by atoms with E-state index in [1.54, 1.807) is 0 Å². The van der Waals surface area contributed by atoms with Crippen molar-refractivity contribution >= 4 is 44.2 Å². The summed E-state index contributed by atoms with van der Waals surface area (Å²) in [6, 6.07) is 25.0. The maximum atomic E-state index is 6.20. The summed E-state index contributed by atoms with van der Waals surface area (Å²) in [5, 5.41) is 5.53. The van der Waals surface area contributed by atoms with E-state index in [-0.39, 0.29) is 0 Å². The number of rotatable bonds is 1. The molecule has 0 saturated carbocycles. The number of benzene rings is 4. The number of para-hydroxylation sites is 1. The minimum Gasteiger partial charge on any atom is -0.296 e. The Morgan fingerprint density at radius 1 is 0.840 bits per heavy atom. The molecule has 0 atom stereocenters. The average molecular weight is 343 g/mol.